The first-order valence-electron chi connectivity index (χ1n) is 11.9. The first-order chi connectivity index (χ1) is 17.3. The molecule has 184 valence electrons. The zero-order chi connectivity index (χ0) is 25.6. The summed E-state index contributed by atoms with van der Waals surface area (Å²) in [6.07, 6.45) is 1.53. The average Bonchev–Trinajstić information content (AvgIpc) is 3.56. The summed E-state index contributed by atoms with van der Waals surface area (Å²) >= 11 is 0. The number of amides is 1. The number of furan rings is 1. The topological polar surface area (TPSA) is 95.8 Å². The maximum atomic E-state index is 13.5. The highest BCUT2D eigenvalue weighted by Gasteiger charge is 2.47. The number of ketones is 1. The van der Waals surface area contributed by atoms with E-state index in [9.17, 15) is 14.7 Å². The van der Waals surface area contributed by atoms with E-state index in [1.165, 1.54) is 11.2 Å². The van der Waals surface area contributed by atoms with Crippen LogP contribution in [0.2, 0.25) is 0 Å². The number of aliphatic hydroxyl groups excluding tert-OH is 1. The van der Waals surface area contributed by atoms with Gasteiger partial charge >= 0.3 is 0 Å². The lowest BCUT2D eigenvalue weighted by Gasteiger charge is -2.25. The van der Waals surface area contributed by atoms with Crippen molar-refractivity contribution in [3.63, 3.8) is 0 Å². The molecule has 1 aliphatic rings. The predicted octanol–water partition coefficient (Wildman–Crippen LogP) is 5.82. The van der Waals surface area contributed by atoms with Crippen LogP contribution in [-0.2, 0) is 16.1 Å². The predicted molar refractivity (Wildman–Crippen MR) is 137 cm³/mol. The van der Waals surface area contributed by atoms with Gasteiger partial charge in [-0.25, -0.2) is 0 Å². The van der Waals surface area contributed by atoms with Gasteiger partial charge in [0.25, 0.3) is 11.7 Å². The molecule has 1 atom stereocenters. The molecule has 1 fully saturated rings. The first kappa shape index (κ1) is 23.5. The lowest BCUT2D eigenvalue weighted by Crippen LogP contribution is -2.29. The highest BCUT2D eigenvalue weighted by atomic mass is 16.5. The van der Waals surface area contributed by atoms with Crippen molar-refractivity contribution >= 4 is 28.4 Å². The second-order valence-electron chi connectivity index (χ2n) is 9.33. The van der Waals surface area contributed by atoms with Crippen LogP contribution in [-0.4, -0.2) is 33.8 Å². The third-order valence-electron chi connectivity index (χ3n) is 6.79. The number of para-hydroxylation sites is 1. The highest BCUT2D eigenvalue weighted by molar-refractivity contribution is 6.46. The van der Waals surface area contributed by atoms with Gasteiger partial charge in [-0.3, -0.25) is 9.59 Å². The Balaban J connectivity index is 1.74. The highest BCUT2D eigenvalue weighted by Crippen LogP contribution is 2.44. The van der Waals surface area contributed by atoms with Crippen LogP contribution >= 0.6 is 0 Å². The number of hydrogen-bond donors (Lipinski definition) is 2. The first-order valence-corrected chi connectivity index (χ1v) is 11.9. The Morgan fingerprint density at radius 3 is 2.61 bits per heavy atom. The Morgan fingerprint density at radius 2 is 1.92 bits per heavy atom. The zero-order valence-corrected chi connectivity index (χ0v) is 20.7. The number of aryl methyl sites for hydroxylation is 1. The van der Waals surface area contributed by atoms with Crippen LogP contribution in [0.3, 0.4) is 0 Å². The van der Waals surface area contributed by atoms with Crippen molar-refractivity contribution in [2.24, 2.45) is 0 Å². The molecule has 7 nitrogen and oxygen atoms in total. The number of nitrogens with zero attached hydrogens (tertiary/aromatic N) is 1. The van der Waals surface area contributed by atoms with E-state index in [4.69, 9.17) is 9.15 Å². The molecule has 1 aliphatic heterocycles. The van der Waals surface area contributed by atoms with E-state index < -0.39 is 17.7 Å². The third-order valence-corrected chi connectivity index (χ3v) is 6.79. The normalized spacial score (nSPS) is 17.5. The number of aromatic amines is 1. The molecule has 0 spiro atoms. The molecular weight excluding hydrogens is 456 g/mol. The van der Waals surface area contributed by atoms with Gasteiger partial charge in [0.15, 0.2) is 0 Å². The van der Waals surface area contributed by atoms with Crippen LogP contribution in [0.5, 0.6) is 5.75 Å². The smallest absolute Gasteiger partial charge is 0.296 e. The number of rotatable bonds is 6. The monoisotopic (exact) mass is 484 g/mol. The maximum Gasteiger partial charge on any atom is 0.296 e. The molecule has 2 aromatic heterocycles. The van der Waals surface area contributed by atoms with E-state index >= 15 is 0 Å². The van der Waals surface area contributed by atoms with Gasteiger partial charge < -0.3 is 24.1 Å². The fourth-order valence-electron chi connectivity index (χ4n) is 5.05. The molecule has 0 radical (unpaired) electrons. The fraction of sp³-hybridized carbons (Fsp3) is 0.241. The van der Waals surface area contributed by atoms with Gasteiger partial charge in [-0.1, -0.05) is 32.0 Å². The number of aromatic nitrogens is 1. The fourth-order valence-corrected chi connectivity index (χ4v) is 5.05. The summed E-state index contributed by atoms with van der Waals surface area (Å²) in [6.45, 7) is 6.06. The molecule has 2 N–H and O–H groups in total. The zero-order valence-electron chi connectivity index (χ0n) is 20.7. The van der Waals surface area contributed by atoms with Gasteiger partial charge in [-0.15, -0.1) is 0 Å². The number of likely N-dealkylation sites (tertiary alicyclic amines) is 1. The number of carbonyl (C=O) groups excluding carboxylic acids is 2. The molecule has 36 heavy (non-hydrogen) atoms. The molecule has 4 aromatic rings. The quantitative estimate of drug-likeness (QED) is 0.204. The lowest BCUT2D eigenvalue weighted by atomic mass is 9.92. The molecule has 2 aromatic carbocycles. The summed E-state index contributed by atoms with van der Waals surface area (Å²) in [4.78, 5) is 31.7. The van der Waals surface area contributed by atoms with E-state index in [1.807, 2.05) is 51.1 Å². The van der Waals surface area contributed by atoms with Crippen molar-refractivity contribution in [1.82, 2.24) is 9.88 Å². The van der Waals surface area contributed by atoms with E-state index in [2.05, 4.69) is 4.98 Å². The van der Waals surface area contributed by atoms with Crippen LogP contribution in [0.4, 0.5) is 0 Å². The number of methoxy groups -OCH3 is 1. The molecule has 0 saturated carbocycles. The molecule has 1 amide bonds. The lowest BCUT2D eigenvalue weighted by molar-refractivity contribution is -0.140. The molecule has 0 aliphatic carbocycles. The van der Waals surface area contributed by atoms with Gasteiger partial charge in [0.2, 0.25) is 0 Å². The Bertz CT molecular complexity index is 1490. The van der Waals surface area contributed by atoms with Crippen molar-refractivity contribution in [1.29, 1.82) is 0 Å². The summed E-state index contributed by atoms with van der Waals surface area (Å²) in [6, 6.07) is 15.7. The molecular formula is C29H28N2O5. The molecule has 1 saturated heterocycles. The second kappa shape index (κ2) is 9.07. The van der Waals surface area contributed by atoms with Gasteiger partial charge in [-0.05, 0) is 54.8 Å². The van der Waals surface area contributed by atoms with E-state index in [0.29, 0.717) is 17.1 Å². The summed E-state index contributed by atoms with van der Waals surface area (Å²) in [5.41, 5.74) is 3.88. The largest absolute Gasteiger partial charge is 0.507 e. The van der Waals surface area contributed by atoms with Gasteiger partial charge in [0.05, 0.1) is 31.5 Å². The molecule has 1 unspecified atom stereocenters. The third kappa shape index (κ3) is 3.77. The van der Waals surface area contributed by atoms with Gasteiger partial charge in [-0.2, -0.15) is 0 Å². The van der Waals surface area contributed by atoms with Crippen molar-refractivity contribution < 1.29 is 23.8 Å². The number of fused-ring (bicyclic) bond motifs is 1. The molecule has 7 heteroatoms. The number of nitrogens with one attached hydrogen (secondary N) is 1. The number of Topliss-reactive ketones (excluding diaryl/α,β-unsaturated/α-hetero) is 1. The summed E-state index contributed by atoms with van der Waals surface area (Å²) < 4.78 is 11.0. The Morgan fingerprint density at radius 1 is 1.14 bits per heavy atom. The van der Waals surface area contributed by atoms with Gasteiger partial charge in [0.1, 0.15) is 17.3 Å². The summed E-state index contributed by atoms with van der Waals surface area (Å²) in [5, 5.41) is 12.4. The number of ether oxygens (including phenoxy) is 1. The average molecular weight is 485 g/mol. The van der Waals surface area contributed by atoms with Crippen molar-refractivity contribution in [2.75, 3.05) is 7.11 Å². The number of carbonyl (C=O) groups is 2. The van der Waals surface area contributed by atoms with Crippen molar-refractivity contribution in [3.8, 4) is 5.75 Å². The molecule has 0 bridgehead atoms. The minimum Gasteiger partial charge on any atom is -0.507 e. The van der Waals surface area contributed by atoms with E-state index in [0.717, 1.165) is 27.7 Å². The Kier molecular flexibility index (Phi) is 5.92. The number of benzene rings is 2. The van der Waals surface area contributed by atoms with E-state index in [-0.39, 0.29) is 23.8 Å². The van der Waals surface area contributed by atoms with Gasteiger partial charge in [0, 0.05) is 27.7 Å². The Labute approximate surface area is 209 Å². The minimum absolute atomic E-state index is 0.0549. The second-order valence-corrected chi connectivity index (χ2v) is 9.33. The van der Waals surface area contributed by atoms with Crippen molar-refractivity contribution in [2.45, 2.75) is 39.3 Å². The molecule has 3 heterocycles. The van der Waals surface area contributed by atoms with Crippen LogP contribution < -0.4 is 4.74 Å². The van der Waals surface area contributed by atoms with E-state index in [1.54, 1.807) is 31.4 Å². The SMILES string of the molecule is COc1ccc(/C(O)=C2\C(=O)C(=O)N(Cc3ccco3)C2c2c(C)[nH]c3ccccc23)cc1C(C)C. The van der Waals surface area contributed by atoms with Crippen molar-refractivity contribution in [3.05, 3.63) is 94.6 Å². The Hall–Kier alpha value is -4.26. The summed E-state index contributed by atoms with van der Waals surface area (Å²) in [5.74, 6) is -0.249. The van der Waals surface area contributed by atoms with Crippen LogP contribution in [0, 0.1) is 6.92 Å². The minimum atomic E-state index is -0.796. The number of aliphatic hydroxyl groups is 1. The van der Waals surface area contributed by atoms with Crippen LogP contribution in [0.15, 0.2) is 70.9 Å². The molecule has 5 rings (SSSR count). The standard InChI is InChI=1S/C29H28N2O5/c1-16(2)21-14-18(11-12-23(21)35-4)27(32)25-26(24-17(3)30-22-10-6-5-9-20(22)24)31(29(34)28(25)33)15-19-8-7-13-36-19/h5-14,16,26,30,32H,15H2,1-4H3/b27-25+. The van der Waals surface area contributed by atoms with Crippen LogP contribution in [0.25, 0.3) is 16.7 Å². The van der Waals surface area contributed by atoms with Crippen LogP contribution in [0.1, 0.15) is 54.0 Å². The maximum absolute atomic E-state index is 13.5. The number of hydrogen-bond acceptors (Lipinski definition) is 5. The number of H-pyrrole nitrogens is 1. The summed E-state index contributed by atoms with van der Waals surface area (Å²) in [7, 11) is 1.60.